The lowest BCUT2D eigenvalue weighted by atomic mass is 10.0. The summed E-state index contributed by atoms with van der Waals surface area (Å²) in [5, 5.41) is 0. The van der Waals surface area contributed by atoms with Crippen LogP contribution in [0.15, 0.2) is 18.2 Å². The monoisotopic (exact) mass is 163 g/mol. The van der Waals surface area contributed by atoms with E-state index >= 15 is 0 Å². The van der Waals surface area contributed by atoms with Crippen LogP contribution in [0.4, 0.5) is 0 Å². The first-order valence-electron chi connectivity index (χ1n) is 3.93. The second-order valence-electron chi connectivity index (χ2n) is 3.01. The third kappa shape index (κ3) is 1.71. The van der Waals surface area contributed by atoms with Gasteiger partial charge >= 0.3 is 0 Å². The Morgan fingerprint density at radius 1 is 1.33 bits per heavy atom. The van der Waals surface area contributed by atoms with Gasteiger partial charge in [0.1, 0.15) is 6.29 Å². The van der Waals surface area contributed by atoms with Gasteiger partial charge in [0.15, 0.2) is 0 Å². The van der Waals surface area contributed by atoms with Crippen molar-refractivity contribution in [2.75, 3.05) is 0 Å². The molecule has 0 amide bonds. The predicted octanol–water partition coefficient (Wildman–Crippen LogP) is 1.50. The van der Waals surface area contributed by atoms with E-state index in [2.05, 4.69) is 0 Å². The third-order valence-electron chi connectivity index (χ3n) is 2.06. The molecule has 1 aromatic rings. The van der Waals surface area contributed by atoms with Gasteiger partial charge in [-0.1, -0.05) is 18.2 Å². The Labute approximate surface area is 72.4 Å². The molecule has 1 rings (SSSR count). The van der Waals surface area contributed by atoms with Crippen LogP contribution in [0.5, 0.6) is 0 Å². The van der Waals surface area contributed by atoms with Crippen LogP contribution in [0.3, 0.4) is 0 Å². The van der Waals surface area contributed by atoms with E-state index in [1.165, 1.54) is 11.1 Å². The molecule has 12 heavy (non-hydrogen) atoms. The number of carbonyl (C=O) groups excluding carboxylic acids is 1. The van der Waals surface area contributed by atoms with Crippen LogP contribution in [0.2, 0.25) is 0 Å². The maximum Gasteiger partial charge on any atom is 0.141 e. The highest BCUT2D eigenvalue weighted by atomic mass is 16.1. The van der Waals surface area contributed by atoms with Gasteiger partial charge in [0.25, 0.3) is 0 Å². The van der Waals surface area contributed by atoms with E-state index in [4.69, 9.17) is 5.73 Å². The summed E-state index contributed by atoms with van der Waals surface area (Å²) in [6.45, 7) is 4.04. The minimum atomic E-state index is -0.482. The van der Waals surface area contributed by atoms with Gasteiger partial charge in [-0.3, -0.25) is 0 Å². The fourth-order valence-corrected chi connectivity index (χ4v) is 1.05. The molecule has 2 N–H and O–H groups in total. The molecule has 0 aliphatic heterocycles. The van der Waals surface area contributed by atoms with Crippen molar-refractivity contribution in [1.82, 2.24) is 0 Å². The van der Waals surface area contributed by atoms with E-state index < -0.39 is 6.04 Å². The van der Waals surface area contributed by atoms with Gasteiger partial charge in [0.05, 0.1) is 6.04 Å². The van der Waals surface area contributed by atoms with Gasteiger partial charge in [-0.05, 0) is 30.5 Å². The molecule has 0 saturated heterocycles. The number of hydrogen-bond donors (Lipinski definition) is 1. The Hall–Kier alpha value is -1.15. The van der Waals surface area contributed by atoms with Crippen molar-refractivity contribution in [2.24, 2.45) is 5.73 Å². The molecule has 0 bridgehead atoms. The molecule has 2 nitrogen and oxygen atoms in total. The average molecular weight is 163 g/mol. The fourth-order valence-electron chi connectivity index (χ4n) is 1.05. The first-order valence-corrected chi connectivity index (χ1v) is 3.93. The molecule has 0 saturated carbocycles. The molecular formula is C10H13NO. The molecule has 0 fully saturated rings. The van der Waals surface area contributed by atoms with E-state index in [1.54, 1.807) is 0 Å². The molecule has 2 heteroatoms. The van der Waals surface area contributed by atoms with E-state index in [9.17, 15) is 4.79 Å². The van der Waals surface area contributed by atoms with Crippen LogP contribution < -0.4 is 5.73 Å². The number of rotatable bonds is 2. The number of aldehydes is 1. The summed E-state index contributed by atoms with van der Waals surface area (Å²) in [4.78, 5) is 10.4. The van der Waals surface area contributed by atoms with E-state index in [1.807, 2.05) is 32.0 Å². The molecule has 1 unspecified atom stereocenters. The zero-order valence-corrected chi connectivity index (χ0v) is 7.37. The second-order valence-corrected chi connectivity index (χ2v) is 3.01. The van der Waals surface area contributed by atoms with Crippen molar-refractivity contribution < 1.29 is 4.79 Å². The maximum atomic E-state index is 10.4. The van der Waals surface area contributed by atoms with Crippen molar-refractivity contribution in [2.45, 2.75) is 19.9 Å². The SMILES string of the molecule is Cc1ccc(C(N)C=O)cc1C. The first kappa shape index (κ1) is 8.94. The van der Waals surface area contributed by atoms with E-state index in [0.29, 0.717) is 0 Å². The van der Waals surface area contributed by atoms with Gasteiger partial charge in [-0.25, -0.2) is 0 Å². The zero-order valence-electron chi connectivity index (χ0n) is 7.37. The summed E-state index contributed by atoms with van der Waals surface area (Å²) in [6.07, 6.45) is 0.754. The average Bonchev–Trinajstić information content (AvgIpc) is 2.08. The zero-order chi connectivity index (χ0) is 9.14. The Morgan fingerprint density at radius 3 is 2.50 bits per heavy atom. The number of hydrogen-bond acceptors (Lipinski definition) is 2. The van der Waals surface area contributed by atoms with Crippen LogP contribution >= 0.6 is 0 Å². The third-order valence-corrected chi connectivity index (χ3v) is 2.06. The Kier molecular flexibility index (Phi) is 2.61. The van der Waals surface area contributed by atoms with E-state index in [-0.39, 0.29) is 0 Å². The molecule has 0 spiro atoms. The summed E-state index contributed by atoms with van der Waals surface area (Å²) in [7, 11) is 0. The molecule has 1 atom stereocenters. The predicted molar refractivity (Wildman–Crippen MR) is 48.9 cm³/mol. The first-order chi connectivity index (χ1) is 5.65. The summed E-state index contributed by atoms with van der Waals surface area (Å²) in [5.41, 5.74) is 8.82. The highest BCUT2D eigenvalue weighted by Crippen LogP contribution is 2.13. The van der Waals surface area contributed by atoms with Crippen molar-refractivity contribution in [1.29, 1.82) is 0 Å². The van der Waals surface area contributed by atoms with Crippen LogP contribution in [-0.4, -0.2) is 6.29 Å². The van der Waals surface area contributed by atoms with Crippen molar-refractivity contribution >= 4 is 6.29 Å². The number of nitrogens with two attached hydrogens (primary N) is 1. The maximum absolute atomic E-state index is 10.4. The highest BCUT2D eigenvalue weighted by Gasteiger charge is 2.03. The normalized spacial score (nSPS) is 12.6. The quantitative estimate of drug-likeness (QED) is 0.671. The highest BCUT2D eigenvalue weighted by molar-refractivity contribution is 5.61. The van der Waals surface area contributed by atoms with Crippen molar-refractivity contribution in [3.8, 4) is 0 Å². The van der Waals surface area contributed by atoms with Gasteiger partial charge < -0.3 is 10.5 Å². The molecular weight excluding hydrogens is 150 g/mol. The molecule has 1 aromatic carbocycles. The number of aryl methyl sites for hydroxylation is 2. The van der Waals surface area contributed by atoms with Crippen LogP contribution in [0, 0.1) is 13.8 Å². The summed E-state index contributed by atoms with van der Waals surface area (Å²) >= 11 is 0. The van der Waals surface area contributed by atoms with Gasteiger partial charge in [-0.2, -0.15) is 0 Å². The minimum absolute atomic E-state index is 0.482. The molecule has 0 aliphatic carbocycles. The molecule has 0 aromatic heterocycles. The summed E-state index contributed by atoms with van der Waals surface area (Å²) in [6, 6.07) is 5.34. The second kappa shape index (κ2) is 3.50. The lowest BCUT2D eigenvalue weighted by Gasteiger charge is -2.06. The molecule has 0 heterocycles. The molecule has 64 valence electrons. The standard InChI is InChI=1S/C10H13NO/c1-7-3-4-9(5-8(7)2)10(11)6-12/h3-6,10H,11H2,1-2H3. The van der Waals surface area contributed by atoms with Gasteiger partial charge in [0, 0.05) is 0 Å². The number of benzene rings is 1. The van der Waals surface area contributed by atoms with Crippen molar-refractivity contribution in [3.63, 3.8) is 0 Å². The summed E-state index contributed by atoms with van der Waals surface area (Å²) in [5.74, 6) is 0. The Morgan fingerprint density at radius 2 is 2.00 bits per heavy atom. The molecule has 0 aliphatic rings. The Balaban J connectivity index is 3.04. The van der Waals surface area contributed by atoms with Crippen molar-refractivity contribution in [3.05, 3.63) is 34.9 Å². The minimum Gasteiger partial charge on any atom is -0.318 e. The van der Waals surface area contributed by atoms with Crippen LogP contribution in [0.25, 0.3) is 0 Å². The number of carbonyl (C=O) groups is 1. The molecule has 0 radical (unpaired) electrons. The van der Waals surface area contributed by atoms with E-state index in [0.717, 1.165) is 11.8 Å². The lowest BCUT2D eigenvalue weighted by Crippen LogP contribution is -2.11. The summed E-state index contributed by atoms with van der Waals surface area (Å²) < 4.78 is 0. The fraction of sp³-hybridized carbons (Fsp3) is 0.300. The van der Waals surface area contributed by atoms with Crippen LogP contribution in [-0.2, 0) is 4.79 Å². The van der Waals surface area contributed by atoms with Gasteiger partial charge in [-0.15, -0.1) is 0 Å². The Bertz CT molecular complexity index is 294. The van der Waals surface area contributed by atoms with Gasteiger partial charge in [0.2, 0.25) is 0 Å². The smallest absolute Gasteiger partial charge is 0.141 e. The largest absolute Gasteiger partial charge is 0.318 e. The topological polar surface area (TPSA) is 43.1 Å². The van der Waals surface area contributed by atoms with Crippen LogP contribution in [0.1, 0.15) is 22.7 Å². The lowest BCUT2D eigenvalue weighted by molar-refractivity contribution is -0.109.